The van der Waals surface area contributed by atoms with Crippen molar-refractivity contribution >= 4 is 56.0 Å². The van der Waals surface area contributed by atoms with Gasteiger partial charge in [0, 0.05) is 11.9 Å². The molecule has 0 saturated carbocycles. The summed E-state index contributed by atoms with van der Waals surface area (Å²) in [5, 5.41) is 11.0. The van der Waals surface area contributed by atoms with Crippen LogP contribution in [0.3, 0.4) is 0 Å². The Kier molecular flexibility index (Phi) is 5.27. The highest BCUT2D eigenvalue weighted by atomic mass is 79.9. The molecule has 0 bridgehead atoms. The van der Waals surface area contributed by atoms with Crippen molar-refractivity contribution in [2.45, 2.75) is 18.5 Å². The van der Waals surface area contributed by atoms with Crippen molar-refractivity contribution in [1.29, 1.82) is 0 Å². The molecule has 3 aromatic rings. The summed E-state index contributed by atoms with van der Waals surface area (Å²) in [7, 11) is 0. The predicted octanol–water partition coefficient (Wildman–Crippen LogP) is 5.81. The lowest BCUT2D eigenvalue weighted by molar-refractivity contribution is 0.0686. The molecule has 0 aliphatic heterocycles. The number of fused-ring (bicyclic) bond motifs is 1. The van der Waals surface area contributed by atoms with Crippen molar-refractivity contribution in [2.24, 2.45) is 0 Å². The first-order valence-corrected chi connectivity index (χ1v) is 9.14. The molecule has 0 aliphatic rings. The number of rotatable bonds is 5. The van der Waals surface area contributed by atoms with E-state index in [1.165, 1.54) is 0 Å². The second kappa shape index (κ2) is 7.28. The first kappa shape index (κ1) is 18.1. The minimum absolute atomic E-state index is 0.180. The van der Waals surface area contributed by atoms with Crippen LogP contribution in [0.1, 0.15) is 23.0 Å². The third kappa shape index (κ3) is 3.78. The summed E-state index contributed by atoms with van der Waals surface area (Å²) in [5.74, 6) is -0.383. The van der Waals surface area contributed by atoms with E-state index in [4.69, 9.17) is 27.9 Å². The largest absolute Gasteiger partial charge is 0.479 e. The number of nitrogens with zero attached hydrogens (tertiary/aromatic N) is 1. The van der Waals surface area contributed by atoms with E-state index in [-0.39, 0.29) is 10.7 Å². The lowest BCUT2D eigenvalue weighted by atomic mass is 10.2. The molecule has 2 aromatic carbocycles. The molecule has 7 heteroatoms. The van der Waals surface area contributed by atoms with Gasteiger partial charge >= 0.3 is 5.97 Å². The number of hydrogen-bond donors (Lipinski definition) is 1. The fraction of sp³-hybridized carbons (Fsp3) is 0.167. The number of aromatic nitrogens is 1. The molecule has 0 amide bonds. The minimum atomic E-state index is -1.01. The zero-order chi connectivity index (χ0) is 18.1. The van der Waals surface area contributed by atoms with E-state index in [2.05, 4.69) is 15.9 Å². The van der Waals surface area contributed by atoms with Crippen LogP contribution in [0.15, 0.2) is 42.5 Å². The maximum Gasteiger partial charge on any atom is 0.352 e. The van der Waals surface area contributed by atoms with Crippen LogP contribution >= 0.6 is 39.1 Å². The van der Waals surface area contributed by atoms with Gasteiger partial charge in [-0.2, -0.15) is 0 Å². The van der Waals surface area contributed by atoms with Gasteiger partial charge in [-0.05, 0) is 58.7 Å². The molecule has 0 spiro atoms. The van der Waals surface area contributed by atoms with Gasteiger partial charge in [-0.15, -0.1) is 0 Å². The van der Waals surface area contributed by atoms with E-state index in [1.54, 1.807) is 22.8 Å². The number of benzene rings is 2. The second-order valence-corrected chi connectivity index (χ2v) is 7.62. The van der Waals surface area contributed by atoms with Gasteiger partial charge in [0.1, 0.15) is 11.4 Å². The minimum Gasteiger partial charge on any atom is -0.479 e. The molecule has 1 heterocycles. The quantitative estimate of drug-likeness (QED) is 0.507. The molecule has 0 fully saturated rings. The Morgan fingerprint density at radius 1 is 1.24 bits per heavy atom. The standard InChI is InChI=1S/C18H14BrCl2NO3/c1-10(19)25-17-4-2-3-15-12(17)8-16(18(23)24)22(15)9-11-5-6-13(20)14(21)7-11/h2-8,10H,9H2,1H3,(H,23,24). The molecular formula is C18H14BrCl2NO3. The van der Waals surface area contributed by atoms with Crippen molar-refractivity contribution < 1.29 is 14.6 Å². The van der Waals surface area contributed by atoms with Crippen LogP contribution in [0.5, 0.6) is 5.75 Å². The van der Waals surface area contributed by atoms with Crippen LogP contribution in [-0.2, 0) is 6.54 Å². The highest BCUT2D eigenvalue weighted by Gasteiger charge is 2.18. The Balaban J connectivity index is 2.13. The summed E-state index contributed by atoms with van der Waals surface area (Å²) in [6.07, 6.45) is 0. The molecule has 0 aliphatic carbocycles. The molecule has 1 unspecified atom stereocenters. The normalized spacial score (nSPS) is 12.3. The second-order valence-electron chi connectivity index (χ2n) is 5.52. The van der Waals surface area contributed by atoms with Crippen molar-refractivity contribution in [1.82, 2.24) is 4.57 Å². The molecule has 0 radical (unpaired) electrons. The molecule has 3 rings (SSSR count). The van der Waals surface area contributed by atoms with Gasteiger partial charge in [0.05, 0.1) is 15.6 Å². The predicted molar refractivity (Wildman–Crippen MR) is 103 cm³/mol. The van der Waals surface area contributed by atoms with E-state index in [1.807, 2.05) is 31.2 Å². The van der Waals surface area contributed by atoms with Gasteiger partial charge in [0.15, 0.2) is 5.01 Å². The number of aromatic carboxylic acids is 1. The van der Waals surface area contributed by atoms with Gasteiger partial charge in [-0.25, -0.2) is 4.79 Å². The fourth-order valence-electron chi connectivity index (χ4n) is 2.70. The summed E-state index contributed by atoms with van der Waals surface area (Å²) in [5.41, 5.74) is 1.81. The molecule has 0 saturated heterocycles. The highest BCUT2D eigenvalue weighted by Crippen LogP contribution is 2.31. The van der Waals surface area contributed by atoms with Gasteiger partial charge in [-0.1, -0.05) is 35.3 Å². The summed E-state index contributed by atoms with van der Waals surface area (Å²) in [4.78, 5) is 11.7. The van der Waals surface area contributed by atoms with Crippen molar-refractivity contribution in [3.8, 4) is 5.75 Å². The van der Waals surface area contributed by atoms with Crippen LogP contribution in [0.4, 0.5) is 0 Å². The molecule has 25 heavy (non-hydrogen) atoms. The van der Waals surface area contributed by atoms with Crippen LogP contribution in [-0.4, -0.2) is 20.7 Å². The third-order valence-electron chi connectivity index (χ3n) is 3.74. The van der Waals surface area contributed by atoms with Gasteiger partial charge in [0.2, 0.25) is 0 Å². The molecule has 130 valence electrons. The number of hydrogen-bond acceptors (Lipinski definition) is 2. The van der Waals surface area contributed by atoms with E-state index in [0.717, 1.165) is 16.5 Å². The van der Waals surface area contributed by atoms with Crippen molar-refractivity contribution in [3.63, 3.8) is 0 Å². The van der Waals surface area contributed by atoms with E-state index in [9.17, 15) is 9.90 Å². The van der Waals surface area contributed by atoms with Crippen LogP contribution in [0.25, 0.3) is 10.9 Å². The molecule has 1 aromatic heterocycles. The van der Waals surface area contributed by atoms with Crippen LogP contribution < -0.4 is 4.74 Å². The first-order chi connectivity index (χ1) is 11.9. The Morgan fingerprint density at radius 3 is 2.64 bits per heavy atom. The first-order valence-electron chi connectivity index (χ1n) is 7.47. The summed E-state index contributed by atoms with van der Waals surface area (Å²) >= 11 is 15.4. The number of ether oxygens (including phenoxy) is 1. The maximum atomic E-state index is 11.7. The van der Waals surface area contributed by atoms with E-state index < -0.39 is 5.97 Å². The number of carboxylic acid groups (broad SMARTS) is 1. The number of carbonyl (C=O) groups is 1. The number of halogens is 3. The summed E-state index contributed by atoms with van der Waals surface area (Å²) in [6, 6.07) is 12.4. The maximum absolute atomic E-state index is 11.7. The average molecular weight is 443 g/mol. The highest BCUT2D eigenvalue weighted by molar-refractivity contribution is 9.09. The Labute approximate surface area is 163 Å². The zero-order valence-corrected chi connectivity index (χ0v) is 16.3. The Morgan fingerprint density at radius 2 is 2.00 bits per heavy atom. The molecular weight excluding hydrogens is 429 g/mol. The lowest BCUT2D eigenvalue weighted by Gasteiger charge is -2.11. The topological polar surface area (TPSA) is 51.5 Å². The Hall–Kier alpha value is -1.69. The smallest absolute Gasteiger partial charge is 0.352 e. The number of alkyl halides is 1. The van der Waals surface area contributed by atoms with Gasteiger partial charge in [0.25, 0.3) is 0 Å². The monoisotopic (exact) mass is 441 g/mol. The Bertz CT molecular complexity index is 953. The lowest BCUT2D eigenvalue weighted by Crippen LogP contribution is -2.09. The van der Waals surface area contributed by atoms with Crippen molar-refractivity contribution in [2.75, 3.05) is 0 Å². The molecule has 1 atom stereocenters. The van der Waals surface area contributed by atoms with Crippen molar-refractivity contribution in [3.05, 3.63) is 63.8 Å². The average Bonchev–Trinajstić information content (AvgIpc) is 2.91. The SMILES string of the molecule is CC(Br)Oc1cccc2c1cc(C(=O)O)n2Cc1ccc(Cl)c(Cl)c1. The summed E-state index contributed by atoms with van der Waals surface area (Å²) < 4.78 is 7.46. The van der Waals surface area contributed by atoms with E-state index in [0.29, 0.717) is 22.3 Å². The summed E-state index contributed by atoms with van der Waals surface area (Å²) in [6.45, 7) is 2.21. The van der Waals surface area contributed by atoms with Crippen LogP contribution in [0.2, 0.25) is 10.0 Å². The van der Waals surface area contributed by atoms with E-state index >= 15 is 0 Å². The molecule has 4 nitrogen and oxygen atoms in total. The van der Waals surface area contributed by atoms with Gasteiger partial charge in [-0.3, -0.25) is 0 Å². The fourth-order valence-corrected chi connectivity index (χ4v) is 3.23. The van der Waals surface area contributed by atoms with Crippen LogP contribution in [0, 0.1) is 0 Å². The zero-order valence-electron chi connectivity index (χ0n) is 13.2. The van der Waals surface area contributed by atoms with Gasteiger partial charge < -0.3 is 14.4 Å². The third-order valence-corrected chi connectivity index (χ3v) is 4.66. The molecule has 1 N–H and O–H groups in total. The number of carboxylic acids is 1.